The molecule has 15 heavy (non-hydrogen) atoms. The minimum absolute atomic E-state index is 0.256. The molecule has 0 aromatic heterocycles. The van der Waals surface area contributed by atoms with Crippen LogP contribution in [0.5, 0.6) is 11.5 Å². The van der Waals surface area contributed by atoms with E-state index in [1.165, 1.54) is 14.2 Å². The highest BCUT2D eigenvalue weighted by Gasteiger charge is 2.13. The summed E-state index contributed by atoms with van der Waals surface area (Å²) >= 11 is 0. The number of nitrogens with two attached hydrogens (primary N) is 1. The van der Waals surface area contributed by atoms with E-state index in [1.54, 1.807) is 19.2 Å². The van der Waals surface area contributed by atoms with Crippen LogP contribution in [0.1, 0.15) is 10.4 Å². The molecular weight excluding hydrogens is 196 g/mol. The van der Waals surface area contributed by atoms with E-state index in [-0.39, 0.29) is 5.91 Å². The number of rotatable bonds is 3. The monoisotopic (exact) mass is 210 g/mol. The Kier molecular flexibility index (Phi) is 3.38. The fourth-order valence-electron chi connectivity index (χ4n) is 1.23. The van der Waals surface area contributed by atoms with E-state index in [2.05, 4.69) is 5.32 Å². The van der Waals surface area contributed by atoms with Crippen molar-refractivity contribution in [3.8, 4) is 11.5 Å². The molecular formula is C10H14N2O3. The van der Waals surface area contributed by atoms with Crippen molar-refractivity contribution in [2.45, 2.75) is 0 Å². The van der Waals surface area contributed by atoms with Gasteiger partial charge in [-0.25, -0.2) is 0 Å². The molecule has 1 rings (SSSR count). The average molecular weight is 210 g/mol. The highest BCUT2D eigenvalue weighted by molar-refractivity contribution is 5.99. The summed E-state index contributed by atoms with van der Waals surface area (Å²) in [5.74, 6) is 0.724. The molecule has 0 heterocycles. The summed E-state index contributed by atoms with van der Waals surface area (Å²) in [6, 6.07) is 3.11. The van der Waals surface area contributed by atoms with Crippen LogP contribution in [0.2, 0.25) is 0 Å². The zero-order valence-electron chi connectivity index (χ0n) is 8.96. The van der Waals surface area contributed by atoms with E-state index in [0.29, 0.717) is 22.7 Å². The molecule has 1 aromatic carbocycles. The Hall–Kier alpha value is -1.91. The van der Waals surface area contributed by atoms with Crippen molar-refractivity contribution in [2.75, 3.05) is 27.0 Å². The molecule has 0 fully saturated rings. The Morgan fingerprint density at radius 2 is 1.80 bits per heavy atom. The molecule has 1 amide bonds. The van der Waals surface area contributed by atoms with Gasteiger partial charge in [0.15, 0.2) is 11.5 Å². The van der Waals surface area contributed by atoms with Crippen molar-refractivity contribution in [1.29, 1.82) is 0 Å². The highest BCUT2D eigenvalue weighted by atomic mass is 16.5. The number of hydrogen-bond donors (Lipinski definition) is 2. The second-order valence-electron chi connectivity index (χ2n) is 2.87. The normalized spacial score (nSPS) is 9.53. The van der Waals surface area contributed by atoms with Crippen LogP contribution in [-0.2, 0) is 0 Å². The maximum absolute atomic E-state index is 11.4. The Bertz CT molecular complexity index is 377. The molecule has 0 aliphatic carbocycles. The molecule has 0 bridgehead atoms. The Balaban J connectivity index is 3.25. The Morgan fingerprint density at radius 3 is 2.27 bits per heavy atom. The third-order valence-corrected chi connectivity index (χ3v) is 2.03. The number of anilines is 1. The summed E-state index contributed by atoms with van der Waals surface area (Å²) in [6.07, 6.45) is 0. The van der Waals surface area contributed by atoms with Gasteiger partial charge in [0.05, 0.1) is 19.8 Å². The van der Waals surface area contributed by atoms with Crippen molar-refractivity contribution in [1.82, 2.24) is 5.32 Å². The van der Waals surface area contributed by atoms with Crippen molar-refractivity contribution >= 4 is 11.6 Å². The average Bonchev–Trinajstić information content (AvgIpc) is 2.27. The van der Waals surface area contributed by atoms with Gasteiger partial charge in [-0.05, 0) is 6.07 Å². The molecule has 0 saturated heterocycles. The molecule has 0 radical (unpaired) electrons. The van der Waals surface area contributed by atoms with Crippen LogP contribution in [0.25, 0.3) is 0 Å². The summed E-state index contributed by atoms with van der Waals surface area (Å²) in [5, 5.41) is 2.50. The van der Waals surface area contributed by atoms with Gasteiger partial charge in [0.2, 0.25) is 0 Å². The van der Waals surface area contributed by atoms with Gasteiger partial charge in [-0.3, -0.25) is 4.79 Å². The Morgan fingerprint density at radius 1 is 1.27 bits per heavy atom. The lowest BCUT2D eigenvalue weighted by Crippen LogP contribution is -2.19. The van der Waals surface area contributed by atoms with E-state index >= 15 is 0 Å². The van der Waals surface area contributed by atoms with Gasteiger partial charge >= 0.3 is 0 Å². The molecule has 0 unspecified atom stereocenters. The molecule has 0 spiro atoms. The lowest BCUT2D eigenvalue weighted by molar-refractivity contribution is 0.0963. The van der Waals surface area contributed by atoms with E-state index in [0.717, 1.165) is 0 Å². The maximum atomic E-state index is 11.4. The molecule has 5 nitrogen and oxygen atoms in total. The molecule has 82 valence electrons. The van der Waals surface area contributed by atoms with Crippen LogP contribution in [-0.4, -0.2) is 27.2 Å². The number of nitrogens with one attached hydrogen (secondary N) is 1. The second kappa shape index (κ2) is 4.54. The van der Waals surface area contributed by atoms with E-state index in [9.17, 15) is 4.79 Å². The van der Waals surface area contributed by atoms with E-state index in [1.807, 2.05) is 0 Å². The Labute approximate surface area is 88.2 Å². The quantitative estimate of drug-likeness (QED) is 0.718. The van der Waals surface area contributed by atoms with Crippen molar-refractivity contribution in [3.05, 3.63) is 17.7 Å². The van der Waals surface area contributed by atoms with Crippen LogP contribution >= 0.6 is 0 Å². The van der Waals surface area contributed by atoms with Crippen LogP contribution in [0.15, 0.2) is 12.1 Å². The topological polar surface area (TPSA) is 73.6 Å². The van der Waals surface area contributed by atoms with Gasteiger partial charge in [-0.1, -0.05) is 0 Å². The highest BCUT2D eigenvalue weighted by Crippen LogP contribution is 2.31. The van der Waals surface area contributed by atoms with Gasteiger partial charge in [0.25, 0.3) is 5.91 Å². The predicted molar refractivity (Wildman–Crippen MR) is 57.3 cm³/mol. The maximum Gasteiger partial charge on any atom is 0.253 e. The van der Waals surface area contributed by atoms with Gasteiger partial charge < -0.3 is 20.5 Å². The summed E-state index contributed by atoms with van der Waals surface area (Å²) in [4.78, 5) is 11.4. The molecule has 0 saturated carbocycles. The van der Waals surface area contributed by atoms with E-state index < -0.39 is 0 Å². The van der Waals surface area contributed by atoms with Crippen LogP contribution in [0, 0.1) is 0 Å². The number of carbonyl (C=O) groups excluding carboxylic acids is 1. The van der Waals surface area contributed by atoms with Gasteiger partial charge in [0, 0.05) is 18.8 Å². The van der Waals surface area contributed by atoms with Gasteiger partial charge in [-0.2, -0.15) is 0 Å². The predicted octanol–water partition coefficient (Wildman–Crippen LogP) is 0.646. The lowest BCUT2D eigenvalue weighted by Gasteiger charge is -2.11. The minimum atomic E-state index is -0.256. The fraction of sp³-hybridized carbons (Fsp3) is 0.300. The first-order valence-electron chi connectivity index (χ1n) is 4.37. The van der Waals surface area contributed by atoms with Crippen LogP contribution in [0.4, 0.5) is 5.69 Å². The molecule has 3 N–H and O–H groups in total. The van der Waals surface area contributed by atoms with Gasteiger partial charge in [0.1, 0.15) is 0 Å². The summed E-state index contributed by atoms with van der Waals surface area (Å²) in [5.41, 5.74) is 6.42. The zero-order valence-corrected chi connectivity index (χ0v) is 8.96. The third kappa shape index (κ3) is 2.12. The summed E-state index contributed by atoms with van der Waals surface area (Å²) < 4.78 is 10.1. The van der Waals surface area contributed by atoms with Crippen molar-refractivity contribution in [3.63, 3.8) is 0 Å². The number of hydrogen-bond acceptors (Lipinski definition) is 4. The number of carbonyl (C=O) groups is 1. The number of methoxy groups -OCH3 is 2. The molecule has 0 aliphatic heterocycles. The largest absolute Gasteiger partial charge is 0.493 e. The van der Waals surface area contributed by atoms with Crippen molar-refractivity contribution in [2.24, 2.45) is 0 Å². The first-order valence-corrected chi connectivity index (χ1v) is 4.37. The van der Waals surface area contributed by atoms with Crippen LogP contribution < -0.4 is 20.5 Å². The fourth-order valence-corrected chi connectivity index (χ4v) is 1.23. The molecule has 1 aromatic rings. The standard InChI is InChI=1S/C10H14N2O3/c1-12-10(13)6-4-8(14-2)9(15-3)5-7(6)11/h4-5H,11H2,1-3H3,(H,12,13). The number of benzene rings is 1. The summed E-state index contributed by atoms with van der Waals surface area (Å²) in [7, 11) is 4.55. The third-order valence-electron chi connectivity index (χ3n) is 2.03. The number of amides is 1. The first kappa shape index (κ1) is 11.2. The lowest BCUT2D eigenvalue weighted by atomic mass is 10.1. The SMILES string of the molecule is CNC(=O)c1cc(OC)c(OC)cc1N. The molecule has 0 atom stereocenters. The van der Waals surface area contributed by atoms with Gasteiger partial charge in [-0.15, -0.1) is 0 Å². The second-order valence-corrected chi connectivity index (χ2v) is 2.87. The molecule has 5 heteroatoms. The smallest absolute Gasteiger partial charge is 0.253 e. The van der Waals surface area contributed by atoms with Crippen molar-refractivity contribution < 1.29 is 14.3 Å². The number of ether oxygens (including phenoxy) is 2. The molecule has 0 aliphatic rings. The zero-order chi connectivity index (χ0) is 11.4. The van der Waals surface area contributed by atoms with E-state index in [4.69, 9.17) is 15.2 Å². The number of nitrogen functional groups attached to an aromatic ring is 1. The minimum Gasteiger partial charge on any atom is -0.493 e. The summed E-state index contributed by atoms with van der Waals surface area (Å²) in [6.45, 7) is 0. The van der Waals surface area contributed by atoms with Crippen LogP contribution in [0.3, 0.4) is 0 Å². The first-order chi connectivity index (χ1) is 7.13.